The topological polar surface area (TPSA) is 81.6 Å². The van der Waals surface area contributed by atoms with Gasteiger partial charge in [-0.3, -0.25) is 0 Å². The van der Waals surface area contributed by atoms with Crippen LogP contribution in [0.2, 0.25) is 0 Å². The minimum Gasteiger partial charge on any atom is -0.378 e. The van der Waals surface area contributed by atoms with E-state index in [0.717, 1.165) is 11.3 Å². The largest absolute Gasteiger partial charge is 0.378 e. The van der Waals surface area contributed by atoms with Crippen molar-refractivity contribution in [3.63, 3.8) is 0 Å². The van der Waals surface area contributed by atoms with Crippen LogP contribution in [0.4, 0.5) is 5.69 Å². The van der Waals surface area contributed by atoms with Gasteiger partial charge in [0.05, 0.1) is 0 Å². The lowest BCUT2D eigenvalue weighted by molar-refractivity contribution is -0.456. The lowest BCUT2D eigenvalue weighted by Gasteiger charge is -2.11. The van der Waals surface area contributed by atoms with E-state index in [0.29, 0.717) is 0 Å². The minimum absolute atomic E-state index is 0.0103. The molecule has 0 saturated heterocycles. The number of nitrogens with one attached hydrogen (secondary N) is 1. The molecule has 0 bridgehead atoms. The first-order valence-electron chi connectivity index (χ1n) is 4.54. The lowest BCUT2D eigenvalue weighted by Crippen LogP contribution is -2.63. The maximum absolute atomic E-state index is 5.16. The zero-order chi connectivity index (χ0) is 11.3. The lowest BCUT2D eigenvalue weighted by atomic mass is 10.2. The van der Waals surface area contributed by atoms with Crippen LogP contribution in [0.1, 0.15) is 5.56 Å². The summed E-state index contributed by atoms with van der Waals surface area (Å²) in [5, 5.41) is 6.28. The zero-order valence-corrected chi connectivity index (χ0v) is 8.94. The van der Waals surface area contributed by atoms with Crippen molar-refractivity contribution in [3.05, 3.63) is 29.8 Å². The molecule has 0 aliphatic heterocycles. The van der Waals surface area contributed by atoms with Gasteiger partial charge in [0.25, 0.3) is 5.96 Å². The van der Waals surface area contributed by atoms with Crippen molar-refractivity contribution >= 4 is 17.9 Å². The molecule has 80 valence electrons. The molecular formula is C10H16N5+. The molecular weight excluding hydrogens is 190 g/mol. The number of nitrogens with zero attached hydrogens (tertiary/aromatic N) is 2. The Morgan fingerprint density at radius 2 is 1.87 bits per heavy atom. The third kappa shape index (κ3) is 3.68. The Hall–Kier alpha value is -2.04. The van der Waals surface area contributed by atoms with Crippen molar-refractivity contribution < 1.29 is 5.10 Å². The summed E-state index contributed by atoms with van der Waals surface area (Å²) in [6, 6.07) is 7.99. The highest BCUT2D eigenvalue weighted by Crippen LogP contribution is 2.10. The Labute approximate surface area is 89.1 Å². The molecule has 0 aromatic heterocycles. The van der Waals surface area contributed by atoms with Crippen LogP contribution in [0.25, 0.3) is 0 Å². The summed E-state index contributed by atoms with van der Waals surface area (Å²) in [4.78, 5) is 2.03. The van der Waals surface area contributed by atoms with Crippen LogP contribution in [0.15, 0.2) is 29.4 Å². The molecule has 5 nitrogen and oxygen atoms in total. The average Bonchev–Trinajstić information content (AvgIpc) is 2.18. The number of hydrazone groups is 1. The molecule has 1 aromatic rings. The number of hydrogen-bond acceptors (Lipinski definition) is 2. The number of nitrogens with two attached hydrogens (primary N) is 2. The highest BCUT2D eigenvalue weighted by atomic mass is 15.3. The predicted molar refractivity (Wildman–Crippen MR) is 62.7 cm³/mol. The molecule has 0 saturated carbocycles. The fraction of sp³-hybridized carbons (Fsp3) is 0.200. The summed E-state index contributed by atoms with van der Waals surface area (Å²) in [6.07, 6.45) is 1.72. The molecule has 0 spiro atoms. The van der Waals surface area contributed by atoms with Crippen LogP contribution in [-0.2, 0) is 0 Å². The molecule has 5 heteroatoms. The van der Waals surface area contributed by atoms with Crippen molar-refractivity contribution in [2.24, 2.45) is 16.6 Å². The Morgan fingerprint density at radius 3 is 2.33 bits per heavy atom. The van der Waals surface area contributed by atoms with Crippen LogP contribution >= 0.6 is 0 Å². The van der Waals surface area contributed by atoms with Crippen molar-refractivity contribution in [1.82, 2.24) is 0 Å². The van der Waals surface area contributed by atoms with Gasteiger partial charge in [-0.25, -0.2) is 0 Å². The van der Waals surface area contributed by atoms with Crippen molar-refractivity contribution in [2.75, 3.05) is 19.0 Å². The molecule has 0 heterocycles. The average molecular weight is 206 g/mol. The van der Waals surface area contributed by atoms with Crippen molar-refractivity contribution in [1.29, 1.82) is 0 Å². The first kappa shape index (κ1) is 11.0. The zero-order valence-electron chi connectivity index (χ0n) is 8.94. The van der Waals surface area contributed by atoms with Gasteiger partial charge in [-0.2, -0.15) is 0 Å². The smallest absolute Gasteiger partial charge is 0.256 e. The van der Waals surface area contributed by atoms with Crippen LogP contribution in [0.3, 0.4) is 0 Å². The summed E-state index contributed by atoms with van der Waals surface area (Å²) in [7, 11) is 3.99. The first-order chi connectivity index (χ1) is 7.09. The normalized spacial score (nSPS) is 10.3. The fourth-order valence-corrected chi connectivity index (χ4v) is 1.05. The summed E-state index contributed by atoms with van der Waals surface area (Å²) in [5.74, 6) is 0.0103. The van der Waals surface area contributed by atoms with Crippen LogP contribution in [0, 0.1) is 0 Å². The van der Waals surface area contributed by atoms with Gasteiger partial charge in [0.1, 0.15) is 0 Å². The number of hydrogen-bond donors (Lipinski definition) is 3. The Morgan fingerprint density at radius 1 is 1.27 bits per heavy atom. The molecule has 0 amide bonds. The Kier molecular flexibility index (Phi) is 3.68. The van der Waals surface area contributed by atoms with E-state index in [2.05, 4.69) is 10.2 Å². The monoisotopic (exact) mass is 206 g/mol. The second-order valence-corrected chi connectivity index (χ2v) is 3.30. The van der Waals surface area contributed by atoms with Gasteiger partial charge in [0.2, 0.25) is 6.21 Å². The molecule has 1 rings (SSSR count). The van der Waals surface area contributed by atoms with Gasteiger partial charge < -0.3 is 16.4 Å². The Bertz CT molecular complexity index is 360. The molecule has 5 N–H and O–H groups in total. The van der Waals surface area contributed by atoms with Gasteiger partial charge in [-0.1, -0.05) is 0 Å². The molecule has 0 aliphatic rings. The SMILES string of the molecule is CN(C)c1ccc(C=[NH+]N=C(N)N)cc1. The van der Waals surface area contributed by atoms with Crippen molar-refractivity contribution in [2.45, 2.75) is 0 Å². The summed E-state index contributed by atoms with van der Waals surface area (Å²) < 4.78 is 0. The number of rotatable bonds is 3. The van der Waals surface area contributed by atoms with E-state index in [4.69, 9.17) is 11.5 Å². The maximum atomic E-state index is 5.16. The molecule has 0 aliphatic carbocycles. The van der Waals surface area contributed by atoms with Crippen molar-refractivity contribution in [3.8, 4) is 0 Å². The van der Waals surface area contributed by atoms with E-state index >= 15 is 0 Å². The van der Waals surface area contributed by atoms with E-state index in [1.807, 2.05) is 43.3 Å². The molecule has 0 unspecified atom stereocenters. The summed E-state index contributed by atoms with van der Waals surface area (Å²) in [6.45, 7) is 0. The van der Waals surface area contributed by atoms with E-state index in [1.54, 1.807) is 6.21 Å². The van der Waals surface area contributed by atoms with E-state index in [-0.39, 0.29) is 5.96 Å². The third-order valence-electron chi connectivity index (χ3n) is 1.83. The molecule has 0 radical (unpaired) electrons. The van der Waals surface area contributed by atoms with E-state index in [1.165, 1.54) is 0 Å². The third-order valence-corrected chi connectivity index (χ3v) is 1.83. The van der Waals surface area contributed by atoms with Gasteiger partial charge >= 0.3 is 0 Å². The highest BCUT2D eigenvalue weighted by molar-refractivity contribution is 5.77. The number of benzene rings is 1. The summed E-state index contributed by atoms with van der Waals surface area (Å²) in [5.41, 5.74) is 12.5. The first-order valence-corrected chi connectivity index (χ1v) is 4.54. The molecule has 0 fully saturated rings. The number of anilines is 1. The van der Waals surface area contributed by atoms with Gasteiger partial charge in [-0.15, -0.1) is 5.10 Å². The second-order valence-electron chi connectivity index (χ2n) is 3.30. The quantitative estimate of drug-likeness (QED) is 0.318. The molecule has 1 aromatic carbocycles. The standard InChI is InChI=1S/C10H15N5/c1-15(2)9-5-3-8(4-6-9)7-13-14-10(11)12/h3-7H,1-2H3,(H4,11,12,14)/p+1. The van der Waals surface area contributed by atoms with Gasteiger partial charge in [0.15, 0.2) is 0 Å². The summed E-state index contributed by atoms with van der Waals surface area (Å²) >= 11 is 0. The molecule has 0 atom stereocenters. The molecule has 15 heavy (non-hydrogen) atoms. The van der Waals surface area contributed by atoms with E-state index in [9.17, 15) is 0 Å². The second kappa shape index (κ2) is 4.99. The number of guanidine groups is 1. The minimum atomic E-state index is 0.0103. The van der Waals surface area contributed by atoms with Crippen LogP contribution < -0.4 is 21.5 Å². The maximum Gasteiger partial charge on any atom is 0.256 e. The van der Waals surface area contributed by atoms with Gasteiger partial charge in [0, 0.05) is 30.4 Å². The predicted octanol–water partition coefficient (Wildman–Crippen LogP) is -1.56. The van der Waals surface area contributed by atoms with Crippen LogP contribution in [0.5, 0.6) is 0 Å². The van der Waals surface area contributed by atoms with E-state index < -0.39 is 0 Å². The fourth-order valence-electron chi connectivity index (χ4n) is 1.05. The van der Waals surface area contributed by atoms with Gasteiger partial charge in [-0.05, 0) is 24.3 Å². The Balaban J connectivity index is 2.73. The highest BCUT2D eigenvalue weighted by Gasteiger charge is 1.95. The van der Waals surface area contributed by atoms with Crippen LogP contribution in [-0.4, -0.2) is 26.3 Å².